The Hall–Kier alpha value is -1.84. The zero-order valence-corrected chi connectivity index (χ0v) is 12.0. The number of benzene rings is 1. The Morgan fingerprint density at radius 3 is 2.26 bits per heavy atom. The first kappa shape index (κ1) is 15.2. The van der Waals surface area contributed by atoms with Crippen LogP contribution in [0.25, 0.3) is 0 Å². The molecule has 0 heterocycles. The third-order valence-corrected chi connectivity index (χ3v) is 3.28. The van der Waals surface area contributed by atoms with Gasteiger partial charge in [-0.3, -0.25) is 0 Å². The molecule has 4 heteroatoms. The zero-order valence-electron chi connectivity index (χ0n) is 12.0. The SMILES string of the molecule is CCC(C)(CC)O/N=C(/C(=O)OC)c1ccccc1. The highest BCUT2D eigenvalue weighted by molar-refractivity contribution is 6.43. The molecular formula is C15H21NO3. The van der Waals surface area contributed by atoms with Crippen molar-refractivity contribution in [2.24, 2.45) is 5.16 Å². The van der Waals surface area contributed by atoms with Crippen LogP contribution in [0.15, 0.2) is 35.5 Å². The van der Waals surface area contributed by atoms with Crippen molar-refractivity contribution in [2.45, 2.75) is 39.2 Å². The number of carbonyl (C=O) groups is 1. The van der Waals surface area contributed by atoms with Gasteiger partial charge in [0, 0.05) is 5.56 Å². The fourth-order valence-corrected chi connectivity index (χ4v) is 1.44. The largest absolute Gasteiger partial charge is 0.464 e. The molecule has 0 saturated heterocycles. The lowest BCUT2D eigenvalue weighted by Crippen LogP contribution is -2.26. The van der Waals surface area contributed by atoms with Gasteiger partial charge in [-0.15, -0.1) is 0 Å². The van der Waals surface area contributed by atoms with Gasteiger partial charge < -0.3 is 9.57 Å². The van der Waals surface area contributed by atoms with E-state index in [0.29, 0.717) is 5.56 Å². The number of nitrogens with zero attached hydrogens (tertiary/aromatic N) is 1. The van der Waals surface area contributed by atoms with Crippen LogP contribution >= 0.6 is 0 Å². The molecule has 0 spiro atoms. The van der Waals surface area contributed by atoms with Gasteiger partial charge in [0.25, 0.3) is 0 Å². The van der Waals surface area contributed by atoms with Gasteiger partial charge >= 0.3 is 5.97 Å². The number of hydrogen-bond donors (Lipinski definition) is 0. The molecule has 0 bridgehead atoms. The van der Waals surface area contributed by atoms with Gasteiger partial charge in [-0.25, -0.2) is 4.79 Å². The van der Waals surface area contributed by atoms with Gasteiger partial charge in [0.1, 0.15) is 5.60 Å². The van der Waals surface area contributed by atoms with Crippen molar-refractivity contribution in [3.63, 3.8) is 0 Å². The average molecular weight is 263 g/mol. The topological polar surface area (TPSA) is 47.9 Å². The molecule has 19 heavy (non-hydrogen) atoms. The zero-order chi connectivity index (χ0) is 14.3. The van der Waals surface area contributed by atoms with E-state index in [1.807, 2.05) is 39.0 Å². The Kier molecular flexibility index (Phi) is 5.55. The molecule has 4 nitrogen and oxygen atoms in total. The molecule has 1 aromatic carbocycles. The first-order chi connectivity index (χ1) is 9.06. The van der Waals surface area contributed by atoms with Crippen LogP contribution < -0.4 is 0 Å². The van der Waals surface area contributed by atoms with E-state index in [2.05, 4.69) is 5.16 Å². The van der Waals surface area contributed by atoms with Crippen LogP contribution in [0.5, 0.6) is 0 Å². The third kappa shape index (κ3) is 4.09. The first-order valence-corrected chi connectivity index (χ1v) is 6.46. The Morgan fingerprint density at radius 1 is 1.21 bits per heavy atom. The lowest BCUT2D eigenvalue weighted by molar-refractivity contribution is -0.133. The van der Waals surface area contributed by atoms with E-state index < -0.39 is 5.97 Å². The summed E-state index contributed by atoms with van der Waals surface area (Å²) in [5.74, 6) is -0.499. The van der Waals surface area contributed by atoms with Crippen LogP contribution in [0, 0.1) is 0 Å². The Bertz CT molecular complexity index is 436. The molecule has 0 saturated carbocycles. The summed E-state index contributed by atoms with van der Waals surface area (Å²) >= 11 is 0. The van der Waals surface area contributed by atoms with E-state index in [4.69, 9.17) is 9.57 Å². The lowest BCUT2D eigenvalue weighted by atomic mass is 10.0. The molecule has 1 aromatic rings. The maximum atomic E-state index is 11.8. The summed E-state index contributed by atoms with van der Waals surface area (Å²) in [5, 5.41) is 4.02. The van der Waals surface area contributed by atoms with Crippen molar-refractivity contribution in [1.82, 2.24) is 0 Å². The summed E-state index contributed by atoms with van der Waals surface area (Å²) in [6, 6.07) is 9.16. The number of esters is 1. The van der Waals surface area contributed by atoms with Crippen LogP contribution in [0.2, 0.25) is 0 Å². The molecule has 1 rings (SSSR count). The Labute approximate surface area is 114 Å². The van der Waals surface area contributed by atoms with Crippen molar-refractivity contribution in [2.75, 3.05) is 7.11 Å². The van der Waals surface area contributed by atoms with Crippen molar-refractivity contribution >= 4 is 11.7 Å². The molecule has 0 fully saturated rings. The summed E-state index contributed by atoms with van der Waals surface area (Å²) in [6.07, 6.45) is 1.63. The number of carbonyl (C=O) groups excluding carboxylic acids is 1. The van der Waals surface area contributed by atoms with Gasteiger partial charge in [0.2, 0.25) is 0 Å². The monoisotopic (exact) mass is 263 g/mol. The first-order valence-electron chi connectivity index (χ1n) is 6.46. The fraction of sp³-hybridized carbons (Fsp3) is 0.467. The van der Waals surface area contributed by atoms with Crippen molar-refractivity contribution in [3.8, 4) is 0 Å². The maximum Gasteiger partial charge on any atom is 0.360 e. The van der Waals surface area contributed by atoms with Gasteiger partial charge in [0.05, 0.1) is 7.11 Å². The normalized spacial score (nSPS) is 12.1. The molecule has 0 aliphatic carbocycles. The van der Waals surface area contributed by atoms with E-state index in [0.717, 1.165) is 12.8 Å². The Balaban J connectivity index is 3.02. The summed E-state index contributed by atoms with van der Waals surface area (Å²) in [5.41, 5.74) is 0.508. The molecule has 0 unspecified atom stereocenters. The van der Waals surface area contributed by atoms with Crippen LogP contribution in [-0.4, -0.2) is 24.4 Å². The van der Waals surface area contributed by atoms with Gasteiger partial charge in [-0.2, -0.15) is 0 Å². The van der Waals surface area contributed by atoms with E-state index in [-0.39, 0.29) is 11.3 Å². The minimum atomic E-state index is -0.499. The third-order valence-electron chi connectivity index (χ3n) is 3.28. The predicted molar refractivity (Wildman–Crippen MR) is 75.1 cm³/mol. The molecule has 0 radical (unpaired) electrons. The smallest absolute Gasteiger partial charge is 0.360 e. The fourth-order valence-electron chi connectivity index (χ4n) is 1.44. The standard InChI is InChI=1S/C15H21NO3/c1-5-15(3,6-2)19-16-13(14(17)18-4)12-10-8-7-9-11-12/h7-11H,5-6H2,1-4H3/b16-13+. The maximum absolute atomic E-state index is 11.8. The van der Waals surface area contributed by atoms with Crippen LogP contribution in [0.1, 0.15) is 39.2 Å². The van der Waals surface area contributed by atoms with Crippen molar-refractivity contribution in [1.29, 1.82) is 0 Å². The molecule has 0 amide bonds. The molecule has 0 aromatic heterocycles. The molecule has 104 valence electrons. The highest BCUT2D eigenvalue weighted by Gasteiger charge is 2.23. The highest BCUT2D eigenvalue weighted by Crippen LogP contribution is 2.20. The van der Waals surface area contributed by atoms with Crippen molar-refractivity contribution in [3.05, 3.63) is 35.9 Å². The lowest BCUT2D eigenvalue weighted by Gasteiger charge is -2.24. The van der Waals surface area contributed by atoms with E-state index in [1.165, 1.54) is 7.11 Å². The Morgan fingerprint density at radius 2 is 1.79 bits per heavy atom. The number of hydrogen-bond acceptors (Lipinski definition) is 4. The number of methoxy groups -OCH3 is 1. The van der Waals surface area contributed by atoms with Crippen LogP contribution in [-0.2, 0) is 14.4 Å². The van der Waals surface area contributed by atoms with E-state index in [1.54, 1.807) is 12.1 Å². The second kappa shape index (κ2) is 6.92. The molecule has 0 atom stereocenters. The minimum Gasteiger partial charge on any atom is -0.464 e. The molecular weight excluding hydrogens is 242 g/mol. The molecule has 0 aliphatic rings. The van der Waals surface area contributed by atoms with Gasteiger partial charge in [-0.05, 0) is 19.8 Å². The van der Waals surface area contributed by atoms with E-state index in [9.17, 15) is 4.79 Å². The minimum absolute atomic E-state index is 0.191. The molecule has 0 aliphatic heterocycles. The highest BCUT2D eigenvalue weighted by atomic mass is 16.7. The predicted octanol–water partition coefficient (Wildman–Crippen LogP) is 3.16. The summed E-state index contributed by atoms with van der Waals surface area (Å²) in [6.45, 7) is 6.02. The average Bonchev–Trinajstić information content (AvgIpc) is 2.48. The van der Waals surface area contributed by atoms with Crippen LogP contribution in [0.4, 0.5) is 0 Å². The summed E-state index contributed by atoms with van der Waals surface area (Å²) in [4.78, 5) is 17.3. The van der Waals surface area contributed by atoms with E-state index >= 15 is 0 Å². The molecule has 0 N–H and O–H groups in total. The van der Waals surface area contributed by atoms with Crippen molar-refractivity contribution < 1.29 is 14.4 Å². The second-order valence-electron chi connectivity index (χ2n) is 4.55. The number of ether oxygens (including phenoxy) is 1. The summed E-state index contributed by atoms with van der Waals surface area (Å²) in [7, 11) is 1.33. The second-order valence-corrected chi connectivity index (χ2v) is 4.55. The van der Waals surface area contributed by atoms with Crippen LogP contribution in [0.3, 0.4) is 0 Å². The van der Waals surface area contributed by atoms with Gasteiger partial charge in [0.15, 0.2) is 5.71 Å². The number of rotatable bonds is 6. The summed E-state index contributed by atoms with van der Waals surface area (Å²) < 4.78 is 4.75. The van der Waals surface area contributed by atoms with Gasteiger partial charge in [-0.1, -0.05) is 49.3 Å². The number of oxime groups is 1. The quantitative estimate of drug-likeness (QED) is 0.450.